The zero-order chi connectivity index (χ0) is 16.0. The maximum absolute atomic E-state index is 12.3. The molecule has 116 valence electrons. The van der Waals surface area contributed by atoms with Gasteiger partial charge in [0.1, 0.15) is 10.7 Å². The third kappa shape index (κ3) is 2.40. The minimum absolute atomic E-state index is 0.120. The van der Waals surface area contributed by atoms with Crippen molar-refractivity contribution in [3.05, 3.63) is 37.1 Å². The summed E-state index contributed by atoms with van der Waals surface area (Å²) in [5, 5.41) is 7.43. The number of nitrogens with one attached hydrogen (secondary N) is 2. The average molecular weight is 337 g/mol. The van der Waals surface area contributed by atoms with E-state index in [2.05, 4.69) is 20.2 Å². The number of aryl methyl sites for hydroxylation is 2. The topological polar surface area (TPSA) is 96.4 Å². The Labute approximate surface area is 133 Å². The predicted molar refractivity (Wildman–Crippen MR) is 87.8 cm³/mol. The molecular weight excluding hydrogens is 322 g/mol. The van der Waals surface area contributed by atoms with Crippen molar-refractivity contribution in [3.63, 3.8) is 0 Å². The van der Waals surface area contributed by atoms with E-state index in [4.69, 9.17) is 0 Å². The molecule has 3 aromatic rings. The molecule has 0 aromatic carbocycles. The zero-order valence-corrected chi connectivity index (χ0v) is 14.2. The number of H-pyrrole nitrogens is 2. The van der Waals surface area contributed by atoms with Crippen molar-refractivity contribution >= 4 is 33.3 Å². The van der Waals surface area contributed by atoms with Crippen LogP contribution < -0.4 is 11.2 Å². The zero-order valence-electron chi connectivity index (χ0n) is 12.6. The molecule has 2 N–H and O–H groups in total. The van der Waals surface area contributed by atoms with Gasteiger partial charge in [0, 0.05) is 11.9 Å². The summed E-state index contributed by atoms with van der Waals surface area (Å²) in [4.78, 5) is 32.9. The van der Waals surface area contributed by atoms with Crippen molar-refractivity contribution in [2.75, 3.05) is 0 Å². The molecule has 0 saturated heterocycles. The number of hydrogen-bond donors (Lipinski definition) is 2. The fourth-order valence-corrected chi connectivity index (χ4v) is 4.03. The number of rotatable bonds is 3. The van der Waals surface area contributed by atoms with Gasteiger partial charge >= 0.3 is 5.69 Å². The molecule has 3 heterocycles. The predicted octanol–water partition coefficient (Wildman–Crippen LogP) is 1.88. The van der Waals surface area contributed by atoms with Gasteiger partial charge in [-0.3, -0.25) is 9.36 Å². The van der Waals surface area contributed by atoms with Crippen LogP contribution in [0.25, 0.3) is 10.2 Å². The first-order valence-electron chi connectivity index (χ1n) is 6.66. The Balaban J connectivity index is 2.01. The normalized spacial score (nSPS) is 12.9. The molecule has 3 rings (SSSR count). The van der Waals surface area contributed by atoms with Gasteiger partial charge in [-0.1, -0.05) is 11.8 Å². The Bertz CT molecular complexity index is 965. The smallest absolute Gasteiger partial charge is 0.309 e. The second-order valence-corrected chi connectivity index (χ2v) is 7.56. The van der Waals surface area contributed by atoms with E-state index in [1.807, 2.05) is 20.8 Å². The van der Waals surface area contributed by atoms with E-state index in [1.54, 1.807) is 7.05 Å². The number of thioether (sulfide) groups is 1. The van der Waals surface area contributed by atoms with E-state index in [0.29, 0.717) is 16.4 Å². The van der Waals surface area contributed by atoms with Crippen LogP contribution in [-0.2, 0) is 7.05 Å². The molecule has 0 bridgehead atoms. The molecule has 0 radical (unpaired) electrons. The highest BCUT2D eigenvalue weighted by molar-refractivity contribution is 7.99. The Morgan fingerprint density at radius 1 is 1.32 bits per heavy atom. The molecule has 0 fully saturated rings. The summed E-state index contributed by atoms with van der Waals surface area (Å²) in [7, 11) is 1.65. The highest BCUT2D eigenvalue weighted by Gasteiger charge is 2.18. The third-order valence-electron chi connectivity index (χ3n) is 3.56. The number of fused-ring (bicyclic) bond motifs is 1. The van der Waals surface area contributed by atoms with E-state index >= 15 is 0 Å². The number of aromatic nitrogens is 5. The van der Waals surface area contributed by atoms with E-state index in [-0.39, 0.29) is 16.5 Å². The van der Waals surface area contributed by atoms with E-state index in [1.165, 1.54) is 27.7 Å². The van der Waals surface area contributed by atoms with Crippen molar-refractivity contribution in [2.45, 2.75) is 31.2 Å². The number of aromatic amines is 2. The lowest BCUT2D eigenvalue weighted by molar-refractivity contribution is 0.760. The number of nitrogens with zero attached hydrogens (tertiary/aromatic N) is 3. The third-order valence-corrected chi connectivity index (χ3v) is 5.82. The molecule has 0 aliphatic carbocycles. The summed E-state index contributed by atoms with van der Waals surface area (Å²) in [6.07, 6.45) is 0. The van der Waals surface area contributed by atoms with Gasteiger partial charge in [0.2, 0.25) is 0 Å². The van der Waals surface area contributed by atoms with Crippen LogP contribution in [0.3, 0.4) is 0 Å². The average Bonchev–Trinajstić information content (AvgIpc) is 2.93. The molecule has 3 aromatic heterocycles. The SMILES string of the molecule is Cc1sc2nc([C@@H](C)Sc3n[nH]c(=O)n3C)[nH]c(=O)c2c1C. The van der Waals surface area contributed by atoms with Gasteiger partial charge in [-0.15, -0.1) is 16.4 Å². The summed E-state index contributed by atoms with van der Waals surface area (Å²) < 4.78 is 1.43. The van der Waals surface area contributed by atoms with Crippen molar-refractivity contribution in [2.24, 2.45) is 7.05 Å². The van der Waals surface area contributed by atoms with Gasteiger partial charge < -0.3 is 4.98 Å². The molecule has 0 unspecified atom stereocenters. The molecule has 0 aliphatic rings. The van der Waals surface area contributed by atoms with E-state index in [0.717, 1.165) is 15.3 Å². The molecule has 22 heavy (non-hydrogen) atoms. The van der Waals surface area contributed by atoms with Crippen LogP contribution >= 0.6 is 23.1 Å². The monoisotopic (exact) mass is 337 g/mol. The van der Waals surface area contributed by atoms with Crippen molar-refractivity contribution < 1.29 is 0 Å². The Morgan fingerprint density at radius 3 is 2.68 bits per heavy atom. The molecule has 0 spiro atoms. The first-order chi connectivity index (χ1) is 10.4. The Kier molecular flexibility index (Phi) is 3.69. The quantitative estimate of drug-likeness (QED) is 0.711. The minimum Gasteiger partial charge on any atom is -0.309 e. The van der Waals surface area contributed by atoms with Crippen LogP contribution in [0.5, 0.6) is 0 Å². The lowest BCUT2D eigenvalue weighted by atomic mass is 10.2. The van der Waals surface area contributed by atoms with Crippen molar-refractivity contribution in [3.8, 4) is 0 Å². The van der Waals surface area contributed by atoms with Gasteiger partial charge in [-0.2, -0.15) is 0 Å². The molecule has 9 heteroatoms. The van der Waals surface area contributed by atoms with Crippen molar-refractivity contribution in [1.82, 2.24) is 24.7 Å². The summed E-state index contributed by atoms with van der Waals surface area (Å²) >= 11 is 2.89. The van der Waals surface area contributed by atoms with Crippen LogP contribution in [0, 0.1) is 13.8 Å². The number of thiophene rings is 1. The van der Waals surface area contributed by atoms with E-state index in [9.17, 15) is 9.59 Å². The number of hydrogen-bond acceptors (Lipinski definition) is 6. The second-order valence-electron chi connectivity index (χ2n) is 5.04. The van der Waals surface area contributed by atoms with Crippen LogP contribution in [0.15, 0.2) is 14.7 Å². The summed E-state index contributed by atoms with van der Waals surface area (Å²) in [5.41, 5.74) is 0.594. The molecule has 7 nitrogen and oxygen atoms in total. The van der Waals surface area contributed by atoms with Gasteiger partial charge in [-0.05, 0) is 26.3 Å². The Morgan fingerprint density at radius 2 is 2.05 bits per heavy atom. The van der Waals surface area contributed by atoms with E-state index < -0.39 is 0 Å². The minimum atomic E-state index is -0.267. The molecule has 0 saturated carbocycles. The first kappa shape index (κ1) is 15.0. The van der Waals surface area contributed by atoms with Crippen molar-refractivity contribution in [1.29, 1.82) is 0 Å². The van der Waals surface area contributed by atoms with Gasteiger partial charge in [-0.25, -0.2) is 14.9 Å². The molecule has 0 amide bonds. The van der Waals surface area contributed by atoms with Crippen LogP contribution in [0.4, 0.5) is 0 Å². The van der Waals surface area contributed by atoms with Gasteiger partial charge in [0.05, 0.1) is 10.6 Å². The fraction of sp³-hybridized carbons (Fsp3) is 0.385. The highest BCUT2D eigenvalue weighted by Crippen LogP contribution is 2.32. The van der Waals surface area contributed by atoms with Crippen LogP contribution in [0.2, 0.25) is 0 Å². The maximum Gasteiger partial charge on any atom is 0.343 e. The summed E-state index contributed by atoms with van der Waals surface area (Å²) in [6, 6.07) is 0. The van der Waals surface area contributed by atoms with Crippen LogP contribution in [-0.4, -0.2) is 24.7 Å². The fourth-order valence-electron chi connectivity index (χ4n) is 2.12. The Hall–Kier alpha value is -1.87. The second kappa shape index (κ2) is 5.40. The highest BCUT2D eigenvalue weighted by atomic mass is 32.2. The van der Waals surface area contributed by atoms with Gasteiger partial charge in [0.25, 0.3) is 5.56 Å². The standard InChI is InChI=1S/C13H15N5O2S2/c1-5-6(2)21-11-8(5)10(19)14-9(15-11)7(3)22-13-17-16-12(20)18(13)4/h7H,1-4H3,(H,16,20)(H,14,15,19)/t7-/m1/s1. The first-order valence-corrected chi connectivity index (χ1v) is 8.36. The maximum atomic E-state index is 12.3. The molecular formula is C13H15N5O2S2. The van der Waals surface area contributed by atoms with Gasteiger partial charge in [0.15, 0.2) is 5.16 Å². The lowest BCUT2D eigenvalue weighted by Crippen LogP contribution is -2.14. The molecule has 0 aliphatic heterocycles. The summed E-state index contributed by atoms with van der Waals surface area (Å²) in [5.74, 6) is 0.583. The largest absolute Gasteiger partial charge is 0.343 e. The lowest BCUT2D eigenvalue weighted by Gasteiger charge is -2.09. The molecule has 1 atom stereocenters. The summed E-state index contributed by atoms with van der Waals surface area (Å²) in [6.45, 7) is 5.84. The van der Waals surface area contributed by atoms with Crippen LogP contribution in [0.1, 0.15) is 28.4 Å².